The molecule has 2 rings (SSSR count). The van der Waals surface area contributed by atoms with E-state index in [9.17, 15) is 34.5 Å². The summed E-state index contributed by atoms with van der Waals surface area (Å²) < 4.78 is 0. The molecule has 2 atom stereocenters. The fourth-order valence-electron chi connectivity index (χ4n) is 4.30. The number of hydrogen-bond acceptors (Lipinski definition) is 7. The summed E-state index contributed by atoms with van der Waals surface area (Å²) >= 11 is 0. The van der Waals surface area contributed by atoms with Crippen molar-refractivity contribution in [2.24, 2.45) is 5.92 Å². The second kappa shape index (κ2) is 13.4. The zero-order valence-electron chi connectivity index (χ0n) is 18.8. The van der Waals surface area contributed by atoms with E-state index in [1.54, 1.807) is 30.9 Å². The molecule has 0 saturated heterocycles. The van der Waals surface area contributed by atoms with E-state index in [1.807, 2.05) is 0 Å². The number of hydrogen-bond donors (Lipinski definition) is 3. The molecule has 0 aliphatic heterocycles. The van der Waals surface area contributed by atoms with Crippen LogP contribution < -0.4 is 0 Å². The summed E-state index contributed by atoms with van der Waals surface area (Å²) in [4.78, 5) is 54.1. The van der Waals surface area contributed by atoms with Gasteiger partial charge in [0.15, 0.2) is 5.78 Å². The normalized spacial score (nSPS) is 18.2. The molecule has 1 aromatic heterocycles. The third kappa shape index (κ3) is 8.85. The predicted molar refractivity (Wildman–Crippen MR) is 114 cm³/mol. The molecule has 0 amide bonds. The van der Waals surface area contributed by atoms with Crippen LogP contribution >= 0.6 is 0 Å². The number of Topliss-reactive ketones (excluding diaryl/α,β-unsaturated/α-hetero) is 1. The van der Waals surface area contributed by atoms with Gasteiger partial charge in [-0.2, -0.15) is 0 Å². The zero-order valence-corrected chi connectivity index (χ0v) is 20.0. The molecule has 0 bridgehead atoms. The smallest absolute Gasteiger partial charge is 0.480 e. The maximum atomic E-state index is 12.4. The van der Waals surface area contributed by atoms with Crippen LogP contribution in [0.3, 0.4) is 0 Å². The van der Waals surface area contributed by atoms with Gasteiger partial charge in [0.05, 0.1) is 25.3 Å². The van der Waals surface area contributed by atoms with Crippen molar-refractivity contribution in [1.29, 1.82) is 0 Å². The van der Waals surface area contributed by atoms with Crippen molar-refractivity contribution in [3.8, 4) is 0 Å². The second-order valence-electron chi connectivity index (χ2n) is 8.47. The van der Waals surface area contributed by atoms with Gasteiger partial charge in [-0.1, -0.05) is 26.7 Å². The van der Waals surface area contributed by atoms with Crippen molar-refractivity contribution < 1.29 is 51.6 Å². The van der Waals surface area contributed by atoms with E-state index in [1.165, 1.54) is 11.1 Å². The number of carbonyl (C=O) groups is 4. The summed E-state index contributed by atoms with van der Waals surface area (Å²) in [5.41, 5.74) is 1.03. The van der Waals surface area contributed by atoms with Crippen LogP contribution in [0, 0.1) is 5.92 Å². The molecule has 1 radical (unpaired) electrons. The Kier molecular flexibility index (Phi) is 11.6. The molecule has 1 unspecified atom stereocenters. The third-order valence-corrected chi connectivity index (χ3v) is 5.64. The Balaban J connectivity index is 0.00000544. The monoisotopic (exact) mass is 504 g/mol. The molecule has 0 aromatic carbocycles. The Morgan fingerprint density at radius 1 is 0.939 bits per heavy atom. The summed E-state index contributed by atoms with van der Waals surface area (Å²) in [6.07, 6.45) is 4.32. The first-order valence-electron chi connectivity index (χ1n) is 10.7. The topological polar surface area (TPSA) is 148 Å². The number of nitrogens with zero attached hydrogens (tertiary/aromatic N) is 3. The maximum Gasteiger partial charge on any atom is 2.00 e. The standard InChI is InChI=1S/C22H31N3O7.Mn/c1-14(2)22(32)15-7-8-23-16(9-15)10-24(11-19(26)27)17-5-3-4-6-18(17)25(12-20(28)29)13-21(30)31;/h7-9,14,17-18H,3-6,10-13H2,1-2H3,(H,26,27)(H,28,29)(H,30,31);/q;+2/t17-,18?;/m0./s1. The van der Waals surface area contributed by atoms with Gasteiger partial charge < -0.3 is 15.3 Å². The fraction of sp³-hybridized carbons (Fsp3) is 0.591. The van der Waals surface area contributed by atoms with Crippen LogP contribution in [0.4, 0.5) is 0 Å². The number of pyridine rings is 1. The van der Waals surface area contributed by atoms with Gasteiger partial charge in [-0.15, -0.1) is 0 Å². The molecule has 10 nitrogen and oxygen atoms in total. The number of ketones is 1. The van der Waals surface area contributed by atoms with E-state index < -0.39 is 37.0 Å². The van der Waals surface area contributed by atoms with E-state index in [0.717, 1.165) is 12.8 Å². The van der Waals surface area contributed by atoms with Gasteiger partial charge in [-0.25, -0.2) is 0 Å². The average molecular weight is 504 g/mol. The second-order valence-corrected chi connectivity index (χ2v) is 8.47. The van der Waals surface area contributed by atoms with E-state index in [0.29, 0.717) is 24.1 Å². The number of rotatable bonds is 12. The van der Waals surface area contributed by atoms with Gasteiger partial charge in [0, 0.05) is 36.3 Å². The van der Waals surface area contributed by atoms with Gasteiger partial charge in [0.2, 0.25) is 0 Å². The molecule has 1 aliphatic rings. The van der Waals surface area contributed by atoms with Crippen molar-refractivity contribution in [2.45, 2.75) is 58.2 Å². The van der Waals surface area contributed by atoms with Crippen LogP contribution in [0.25, 0.3) is 0 Å². The Morgan fingerprint density at radius 2 is 1.42 bits per heavy atom. The molecule has 181 valence electrons. The van der Waals surface area contributed by atoms with Crippen molar-refractivity contribution in [3.05, 3.63) is 29.6 Å². The Morgan fingerprint density at radius 3 is 1.91 bits per heavy atom. The molecular formula is C22H31MnN3O7+2. The number of aromatic nitrogens is 1. The zero-order chi connectivity index (χ0) is 23.8. The number of carbonyl (C=O) groups excluding carboxylic acids is 1. The molecule has 1 fully saturated rings. The number of carboxylic acid groups (broad SMARTS) is 3. The minimum absolute atomic E-state index is 0. The summed E-state index contributed by atoms with van der Waals surface area (Å²) in [5, 5.41) is 28.1. The Hall–Kier alpha value is -2.33. The molecule has 33 heavy (non-hydrogen) atoms. The van der Waals surface area contributed by atoms with Gasteiger partial charge >= 0.3 is 35.0 Å². The average Bonchev–Trinajstić information content (AvgIpc) is 2.71. The Bertz CT molecular complexity index is 833. The fourth-order valence-corrected chi connectivity index (χ4v) is 4.30. The first-order valence-corrected chi connectivity index (χ1v) is 10.7. The van der Waals surface area contributed by atoms with E-state index in [4.69, 9.17) is 0 Å². The summed E-state index contributed by atoms with van der Waals surface area (Å²) in [5.74, 6) is -3.55. The first-order chi connectivity index (χ1) is 15.1. The van der Waals surface area contributed by atoms with E-state index in [-0.39, 0.29) is 47.9 Å². The van der Waals surface area contributed by atoms with Gasteiger partial charge in [-0.05, 0) is 25.0 Å². The van der Waals surface area contributed by atoms with Crippen LogP contribution in [-0.4, -0.2) is 85.5 Å². The predicted octanol–water partition coefficient (Wildman–Crippen LogP) is 1.59. The summed E-state index contributed by atoms with van der Waals surface area (Å²) in [6.45, 7) is 2.56. The van der Waals surface area contributed by atoms with Crippen LogP contribution in [-0.2, 0) is 38.0 Å². The molecule has 1 heterocycles. The molecule has 11 heteroatoms. The number of aliphatic carboxylic acids is 3. The van der Waals surface area contributed by atoms with Crippen molar-refractivity contribution >= 4 is 23.7 Å². The molecular weight excluding hydrogens is 473 g/mol. The van der Waals surface area contributed by atoms with Crippen molar-refractivity contribution in [3.63, 3.8) is 0 Å². The molecule has 1 aliphatic carbocycles. The van der Waals surface area contributed by atoms with E-state index in [2.05, 4.69) is 4.98 Å². The molecule has 1 aromatic rings. The molecule has 3 N–H and O–H groups in total. The largest absolute Gasteiger partial charge is 2.00 e. The van der Waals surface area contributed by atoms with Gasteiger partial charge in [0.1, 0.15) is 0 Å². The molecule has 1 saturated carbocycles. The Labute approximate surface area is 203 Å². The van der Waals surface area contributed by atoms with Crippen LogP contribution in [0.5, 0.6) is 0 Å². The minimum atomic E-state index is -1.14. The summed E-state index contributed by atoms with van der Waals surface area (Å²) in [6, 6.07) is 2.50. The maximum absolute atomic E-state index is 12.4. The summed E-state index contributed by atoms with van der Waals surface area (Å²) in [7, 11) is 0. The van der Waals surface area contributed by atoms with E-state index >= 15 is 0 Å². The van der Waals surface area contributed by atoms with Crippen molar-refractivity contribution in [2.75, 3.05) is 19.6 Å². The van der Waals surface area contributed by atoms with Gasteiger partial charge in [0.25, 0.3) is 0 Å². The van der Waals surface area contributed by atoms with Crippen LogP contribution in [0.15, 0.2) is 18.3 Å². The minimum Gasteiger partial charge on any atom is -0.480 e. The first kappa shape index (κ1) is 28.7. The number of carboxylic acids is 3. The van der Waals surface area contributed by atoms with Crippen LogP contribution in [0.1, 0.15) is 55.6 Å². The van der Waals surface area contributed by atoms with Crippen LogP contribution in [0.2, 0.25) is 0 Å². The van der Waals surface area contributed by atoms with Gasteiger partial charge in [-0.3, -0.25) is 34.0 Å². The quantitative estimate of drug-likeness (QED) is 0.283. The SMILES string of the molecule is CC(C)C(=O)c1ccnc(CN(CC(=O)O)[C@H]2CCCCC2N(CC(=O)O)CC(=O)O)c1.[Mn+2]. The third-order valence-electron chi connectivity index (χ3n) is 5.64. The van der Waals surface area contributed by atoms with Crippen molar-refractivity contribution in [1.82, 2.24) is 14.8 Å². The molecule has 0 spiro atoms.